The summed E-state index contributed by atoms with van der Waals surface area (Å²) in [6.07, 6.45) is -0.658. The number of nitrogens with two attached hydrogens (primary N) is 1. The third kappa shape index (κ3) is 3.52. The molecule has 0 radical (unpaired) electrons. The van der Waals surface area contributed by atoms with E-state index in [0.29, 0.717) is 15.8 Å². The van der Waals surface area contributed by atoms with Crippen molar-refractivity contribution in [2.75, 3.05) is 6.54 Å². The minimum Gasteiger partial charge on any atom is -0.484 e. The lowest BCUT2D eigenvalue weighted by molar-refractivity contribution is 0.208. The zero-order valence-electron chi connectivity index (χ0n) is 9.95. The third-order valence-corrected chi connectivity index (χ3v) is 3.04. The van der Waals surface area contributed by atoms with Crippen LogP contribution in [0.4, 0.5) is 8.78 Å². The van der Waals surface area contributed by atoms with Crippen LogP contribution in [0.15, 0.2) is 46.9 Å². The summed E-state index contributed by atoms with van der Waals surface area (Å²) in [7, 11) is 0. The van der Waals surface area contributed by atoms with Gasteiger partial charge in [-0.25, -0.2) is 8.78 Å². The molecule has 0 heterocycles. The molecule has 1 atom stereocenters. The van der Waals surface area contributed by atoms with Crippen LogP contribution in [-0.4, -0.2) is 6.54 Å². The molecule has 19 heavy (non-hydrogen) atoms. The largest absolute Gasteiger partial charge is 0.484 e. The molecule has 1 unspecified atom stereocenters. The Bertz CT molecular complexity index is 557. The van der Waals surface area contributed by atoms with E-state index >= 15 is 0 Å². The van der Waals surface area contributed by atoms with Gasteiger partial charge in [0, 0.05) is 22.6 Å². The fourth-order valence-corrected chi connectivity index (χ4v) is 2.18. The van der Waals surface area contributed by atoms with Crippen molar-refractivity contribution in [2.45, 2.75) is 6.10 Å². The summed E-state index contributed by atoms with van der Waals surface area (Å²) < 4.78 is 33.0. The Hall–Kier alpha value is -1.46. The monoisotopic (exact) mass is 327 g/mol. The number of rotatable bonds is 4. The molecule has 0 fully saturated rings. The van der Waals surface area contributed by atoms with E-state index in [2.05, 4.69) is 15.9 Å². The first-order chi connectivity index (χ1) is 9.10. The van der Waals surface area contributed by atoms with E-state index in [1.54, 1.807) is 24.3 Å². The topological polar surface area (TPSA) is 35.2 Å². The second-order valence-electron chi connectivity index (χ2n) is 3.97. The molecule has 5 heteroatoms. The maximum atomic E-state index is 13.7. The number of halogens is 3. The van der Waals surface area contributed by atoms with Gasteiger partial charge in [-0.2, -0.15) is 0 Å². The lowest BCUT2D eigenvalue weighted by Gasteiger charge is -2.18. The standard InChI is InChI=1S/C14H12BrF2NO/c15-9-5-10(16)7-11(6-9)19-14(8-18)12-3-1-2-4-13(12)17/h1-7,14H,8,18H2. The van der Waals surface area contributed by atoms with Crippen LogP contribution in [0, 0.1) is 11.6 Å². The fourth-order valence-electron chi connectivity index (χ4n) is 1.74. The highest BCUT2D eigenvalue weighted by Gasteiger charge is 2.16. The van der Waals surface area contributed by atoms with Crippen molar-refractivity contribution in [1.29, 1.82) is 0 Å². The number of hydrogen-bond acceptors (Lipinski definition) is 2. The lowest BCUT2D eigenvalue weighted by Crippen LogP contribution is -2.19. The minimum absolute atomic E-state index is 0.0923. The van der Waals surface area contributed by atoms with Gasteiger partial charge in [0.2, 0.25) is 0 Å². The molecule has 0 aliphatic carbocycles. The fraction of sp³-hybridized carbons (Fsp3) is 0.143. The molecule has 2 N–H and O–H groups in total. The average molecular weight is 328 g/mol. The normalized spacial score (nSPS) is 12.2. The highest BCUT2D eigenvalue weighted by molar-refractivity contribution is 9.10. The van der Waals surface area contributed by atoms with Gasteiger partial charge in [0.25, 0.3) is 0 Å². The summed E-state index contributed by atoms with van der Waals surface area (Å²) >= 11 is 3.17. The van der Waals surface area contributed by atoms with Crippen molar-refractivity contribution >= 4 is 15.9 Å². The number of benzene rings is 2. The Kier molecular flexibility index (Phi) is 4.50. The quantitative estimate of drug-likeness (QED) is 0.926. The summed E-state index contributed by atoms with van der Waals surface area (Å²) in [6, 6.07) is 10.4. The SMILES string of the molecule is NCC(Oc1cc(F)cc(Br)c1)c1ccccc1F. The lowest BCUT2D eigenvalue weighted by atomic mass is 10.1. The van der Waals surface area contributed by atoms with Crippen LogP contribution in [-0.2, 0) is 0 Å². The minimum atomic E-state index is -0.658. The molecule has 2 aromatic rings. The van der Waals surface area contributed by atoms with E-state index < -0.39 is 17.7 Å². The van der Waals surface area contributed by atoms with Crippen molar-refractivity contribution in [1.82, 2.24) is 0 Å². The van der Waals surface area contributed by atoms with E-state index in [9.17, 15) is 8.78 Å². The van der Waals surface area contributed by atoms with E-state index in [1.165, 1.54) is 18.2 Å². The zero-order chi connectivity index (χ0) is 13.8. The Labute approximate surface area is 118 Å². The average Bonchev–Trinajstić information content (AvgIpc) is 2.36. The Balaban J connectivity index is 2.26. The highest BCUT2D eigenvalue weighted by atomic mass is 79.9. The second kappa shape index (κ2) is 6.12. The van der Waals surface area contributed by atoms with Crippen LogP contribution in [0.5, 0.6) is 5.75 Å². The number of hydrogen-bond donors (Lipinski definition) is 1. The van der Waals surface area contributed by atoms with Gasteiger partial charge >= 0.3 is 0 Å². The van der Waals surface area contributed by atoms with Crippen LogP contribution in [0.1, 0.15) is 11.7 Å². The van der Waals surface area contributed by atoms with E-state index in [1.807, 2.05) is 0 Å². The molecule has 0 aromatic heterocycles. The first kappa shape index (κ1) is 14.0. The molecule has 0 spiro atoms. The third-order valence-electron chi connectivity index (χ3n) is 2.58. The van der Waals surface area contributed by atoms with Crippen molar-refractivity contribution in [3.05, 3.63) is 64.1 Å². The first-order valence-electron chi connectivity index (χ1n) is 5.67. The van der Waals surface area contributed by atoms with Crippen molar-refractivity contribution in [3.8, 4) is 5.75 Å². The molecule has 2 aromatic carbocycles. The predicted octanol–water partition coefficient (Wildman–Crippen LogP) is 3.81. The Morgan fingerprint density at radius 2 is 1.89 bits per heavy atom. The summed E-state index contributed by atoms with van der Waals surface area (Å²) in [5.74, 6) is -0.535. The van der Waals surface area contributed by atoms with Crippen LogP contribution in [0.25, 0.3) is 0 Å². The molecule has 0 aliphatic heterocycles. The first-order valence-corrected chi connectivity index (χ1v) is 6.46. The van der Waals surface area contributed by atoms with Gasteiger partial charge in [0.05, 0.1) is 0 Å². The van der Waals surface area contributed by atoms with Gasteiger partial charge in [-0.05, 0) is 18.2 Å². The van der Waals surface area contributed by atoms with Crippen LogP contribution < -0.4 is 10.5 Å². The van der Waals surface area contributed by atoms with Crippen molar-refractivity contribution in [3.63, 3.8) is 0 Å². The second-order valence-corrected chi connectivity index (χ2v) is 4.88. The molecule has 0 aliphatic rings. The van der Waals surface area contributed by atoms with Crippen LogP contribution >= 0.6 is 15.9 Å². The van der Waals surface area contributed by atoms with Crippen molar-refractivity contribution < 1.29 is 13.5 Å². The molecule has 0 amide bonds. The van der Waals surface area contributed by atoms with Crippen LogP contribution in [0.3, 0.4) is 0 Å². The maximum absolute atomic E-state index is 13.7. The van der Waals surface area contributed by atoms with E-state index in [0.717, 1.165) is 0 Å². The predicted molar refractivity (Wildman–Crippen MR) is 72.9 cm³/mol. The highest BCUT2D eigenvalue weighted by Crippen LogP contribution is 2.26. The van der Waals surface area contributed by atoms with Crippen LogP contribution in [0.2, 0.25) is 0 Å². The van der Waals surface area contributed by atoms with Gasteiger partial charge < -0.3 is 10.5 Å². The Morgan fingerprint density at radius 1 is 1.16 bits per heavy atom. The molecule has 2 nitrogen and oxygen atoms in total. The van der Waals surface area contributed by atoms with E-state index in [-0.39, 0.29) is 6.54 Å². The smallest absolute Gasteiger partial charge is 0.139 e. The molecule has 0 saturated heterocycles. The van der Waals surface area contributed by atoms with Gasteiger partial charge in [-0.1, -0.05) is 34.1 Å². The summed E-state index contributed by atoms with van der Waals surface area (Å²) in [5, 5.41) is 0. The summed E-state index contributed by atoms with van der Waals surface area (Å²) in [5.41, 5.74) is 5.95. The maximum Gasteiger partial charge on any atom is 0.139 e. The van der Waals surface area contributed by atoms with Gasteiger partial charge in [-0.15, -0.1) is 0 Å². The molecule has 2 rings (SSSR count). The van der Waals surface area contributed by atoms with Gasteiger partial charge in [0.1, 0.15) is 23.5 Å². The zero-order valence-corrected chi connectivity index (χ0v) is 11.5. The Morgan fingerprint density at radius 3 is 2.53 bits per heavy atom. The van der Waals surface area contributed by atoms with Gasteiger partial charge in [0.15, 0.2) is 0 Å². The summed E-state index contributed by atoms with van der Waals surface area (Å²) in [6.45, 7) is 0.0923. The van der Waals surface area contributed by atoms with E-state index in [4.69, 9.17) is 10.5 Å². The molecule has 100 valence electrons. The summed E-state index contributed by atoms with van der Waals surface area (Å²) in [4.78, 5) is 0. The van der Waals surface area contributed by atoms with Gasteiger partial charge in [-0.3, -0.25) is 0 Å². The molecular formula is C14H12BrF2NO. The molecule has 0 saturated carbocycles. The number of ether oxygens (including phenoxy) is 1. The molecular weight excluding hydrogens is 316 g/mol. The molecule has 0 bridgehead atoms. The van der Waals surface area contributed by atoms with Crippen molar-refractivity contribution in [2.24, 2.45) is 5.73 Å².